The minimum absolute atomic E-state index is 0.134. The molecule has 0 bridgehead atoms. The zero-order valence-corrected chi connectivity index (χ0v) is 18.8. The predicted molar refractivity (Wildman–Crippen MR) is 124 cm³/mol. The molecule has 0 atom stereocenters. The van der Waals surface area contributed by atoms with Gasteiger partial charge in [0.1, 0.15) is 11.6 Å². The summed E-state index contributed by atoms with van der Waals surface area (Å²) in [5.74, 6) is 1.67. The van der Waals surface area contributed by atoms with Gasteiger partial charge in [0.05, 0.1) is 12.9 Å². The van der Waals surface area contributed by atoms with Gasteiger partial charge in [-0.05, 0) is 48.9 Å². The molecule has 1 heterocycles. The van der Waals surface area contributed by atoms with E-state index in [-0.39, 0.29) is 12.3 Å². The van der Waals surface area contributed by atoms with Crippen molar-refractivity contribution in [1.29, 1.82) is 0 Å². The van der Waals surface area contributed by atoms with E-state index < -0.39 is 10.0 Å². The number of aryl methyl sites for hydroxylation is 1. The van der Waals surface area contributed by atoms with Crippen molar-refractivity contribution >= 4 is 39.1 Å². The molecule has 3 N–H and O–H groups in total. The van der Waals surface area contributed by atoms with Crippen LogP contribution in [0.3, 0.4) is 0 Å². The third-order valence-corrected chi connectivity index (χ3v) is 5.78. The van der Waals surface area contributed by atoms with Crippen molar-refractivity contribution in [3.63, 3.8) is 0 Å². The maximum atomic E-state index is 12.2. The van der Waals surface area contributed by atoms with E-state index in [2.05, 4.69) is 25.3 Å². The molecule has 0 aliphatic heterocycles. The first-order valence-electron chi connectivity index (χ1n) is 9.55. The van der Waals surface area contributed by atoms with Crippen LogP contribution in [0.2, 0.25) is 5.02 Å². The zero-order valence-electron chi connectivity index (χ0n) is 17.2. The quantitative estimate of drug-likeness (QED) is 0.395. The molecule has 0 saturated carbocycles. The zero-order chi connectivity index (χ0) is 22.3. The van der Waals surface area contributed by atoms with Crippen LogP contribution < -0.4 is 20.1 Å². The first-order chi connectivity index (χ1) is 14.8. The molecular weight excluding hydrogens is 438 g/mol. The minimum Gasteiger partial charge on any atom is -0.497 e. The molecule has 2 aromatic carbocycles. The average Bonchev–Trinajstić information content (AvgIpc) is 2.71. The summed E-state index contributed by atoms with van der Waals surface area (Å²) < 4.78 is 32.2. The van der Waals surface area contributed by atoms with Gasteiger partial charge in [-0.15, -0.1) is 0 Å². The molecule has 10 heteroatoms. The number of halogens is 1. The molecule has 0 radical (unpaired) electrons. The van der Waals surface area contributed by atoms with E-state index in [4.69, 9.17) is 16.3 Å². The Kier molecular flexibility index (Phi) is 7.67. The Morgan fingerprint density at radius 3 is 2.52 bits per heavy atom. The van der Waals surface area contributed by atoms with E-state index in [9.17, 15) is 8.42 Å². The Balaban J connectivity index is 1.53. The maximum Gasteiger partial charge on any atom is 0.224 e. The van der Waals surface area contributed by atoms with E-state index in [0.717, 1.165) is 17.1 Å². The fourth-order valence-electron chi connectivity index (χ4n) is 2.81. The molecule has 0 saturated heterocycles. The van der Waals surface area contributed by atoms with E-state index in [1.165, 1.54) is 0 Å². The second kappa shape index (κ2) is 10.4. The summed E-state index contributed by atoms with van der Waals surface area (Å²) in [6.45, 7) is 2.39. The van der Waals surface area contributed by atoms with Crippen molar-refractivity contribution in [2.45, 2.75) is 12.7 Å². The van der Waals surface area contributed by atoms with Crippen LogP contribution in [-0.4, -0.2) is 38.6 Å². The monoisotopic (exact) mass is 461 g/mol. The number of ether oxygens (including phenoxy) is 1. The van der Waals surface area contributed by atoms with Gasteiger partial charge in [-0.2, -0.15) is 4.98 Å². The van der Waals surface area contributed by atoms with Crippen molar-refractivity contribution in [2.75, 3.05) is 30.8 Å². The van der Waals surface area contributed by atoms with Gasteiger partial charge in [-0.1, -0.05) is 23.7 Å². The predicted octanol–water partition coefficient (Wildman–Crippen LogP) is 3.72. The Labute approximate surface area is 187 Å². The lowest BCUT2D eigenvalue weighted by Crippen LogP contribution is -2.30. The lowest BCUT2D eigenvalue weighted by atomic mass is 10.2. The number of hydrogen-bond acceptors (Lipinski definition) is 7. The number of methoxy groups -OCH3 is 1. The van der Waals surface area contributed by atoms with Crippen LogP contribution in [-0.2, 0) is 15.8 Å². The van der Waals surface area contributed by atoms with Crippen LogP contribution in [0.25, 0.3) is 0 Å². The van der Waals surface area contributed by atoms with Gasteiger partial charge < -0.3 is 15.4 Å². The third kappa shape index (κ3) is 7.39. The number of anilines is 3. The highest BCUT2D eigenvalue weighted by Crippen LogP contribution is 2.20. The third-order valence-electron chi connectivity index (χ3n) is 4.19. The smallest absolute Gasteiger partial charge is 0.224 e. The molecule has 3 rings (SSSR count). The van der Waals surface area contributed by atoms with E-state index >= 15 is 0 Å². The van der Waals surface area contributed by atoms with Crippen LogP contribution in [0, 0.1) is 6.92 Å². The lowest BCUT2D eigenvalue weighted by molar-refractivity contribution is 0.415. The molecule has 31 heavy (non-hydrogen) atoms. The Hall–Kier alpha value is -2.88. The number of hydrogen-bond donors (Lipinski definition) is 3. The van der Waals surface area contributed by atoms with Crippen LogP contribution >= 0.6 is 11.6 Å². The molecule has 0 aliphatic carbocycles. The number of nitrogens with zero attached hydrogens (tertiary/aromatic N) is 2. The molecular formula is C21H24ClN5O3S. The average molecular weight is 462 g/mol. The normalized spacial score (nSPS) is 11.2. The number of benzene rings is 2. The second-order valence-corrected chi connectivity index (χ2v) is 9.03. The van der Waals surface area contributed by atoms with E-state index in [0.29, 0.717) is 28.9 Å². The molecule has 3 aromatic rings. The lowest BCUT2D eigenvalue weighted by Gasteiger charge is -2.11. The first-order valence-corrected chi connectivity index (χ1v) is 11.6. The fourth-order valence-corrected chi connectivity index (χ4v) is 4.16. The van der Waals surface area contributed by atoms with Crippen molar-refractivity contribution in [3.8, 4) is 5.75 Å². The molecule has 0 fully saturated rings. The summed E-state index contributed by atoms with van der Waals surface area (Å²) in [7, 11) is -1.86. The number of aromatic nitrogens is 2. The molecule has 0 unspecified atom stereocenters. The number of rotatable bonds is 10. The van der Waals surface area contributed by atoms with E-state index in [1.807, 2.05) is 37.3 Å². The summed E-state index contributed by atoms with van der Waals surface area (Å²) in [6.07, 6.45) is 0. The summed E-state index contributed by atoms with van der Waals surface area (Å²) in [5.41, 5.74) is 2.26. The fraction of sp³-hybridized carbons (Fsp3) is 0.238. The van der Waals surface area contributed by atoms with Crippen molar-refractivity contribution in [3.05, 3.63) is 70.9 Å². The largest absolute Gasteiger partial charge is 0.497 e. The van der Waals surface area contributed by atoms with Gasteiger partial charge in [0.25, 0.3) is 0 Å². The van der Waals surface area contributed by atoms with Crippen molar-refractivity contribution in [2.24, 2.45) is 0 Å². The van der Waals surface area contributed by atoms with Gasteiger partial charge in [0.15, 0.2) is 0 Å². The van der Waals surface area contributed by atoms with Gasteiger partial charge in [0, 0.05) is 35.6 Å². The molecule has 164 valence electrons. The van der Waals surface area contributed by atoms with Gasteiger partial charge in [0.2, 0.25) is 16.0 Å². The second-order valence-electron chi connectivity index (χ2n) is 6.78. The SMILES string of the molecule is COc1ccc(Nc2cc(C)nc(NCCNS(=O)(=O)Cc3cccc(Cl)c3)n2)cc1. The Morgan fingerprint density at radius 2 is 1.81 bits per heavy atom. The van der Waals surface area contributed by atoms with Crippen LogP contribution in [0.4, 0.5) is 17.5 Å². The van der Waals surface area contributed by atoms with Gasteiger partial charge in [-0.25, -0.2) is 18.1 Å². The highest BCUT2D eigenvalue weighted by atomic mass is 35.5. The van der Waals surface area contributed by atoms with Crippen LogP contribution in [0.5, 0.6) is 5.75 Å². The highest BCUT2D eigenvalue weighted by Gasteiger charge is 2.11. The first kappa shape index (κ1) is 22.8. The van der Waals surface area contributed by atoms with Crippen LogP contribution in [0.1, 0.15) is 11.3 Å². The summed E-state index contributed by atoms with van der Waals surface area (Å²) in [4.78, 5) is 8.77. The number of sulfonamides is 1. The highest BCUT2D eigenvalue weighted by molar-refractivity contribution is 7.88. The summed E-state index contributed by atoms with van der Waals surface area (Å²) in [5, 5.41) is 6.76. The summed E-state index contributed by atoms with van der Waals surface area (Å²) in [6, 6.07) is 16.1. The van der Waals surface area contributed by atoms with Crippen LogP contribution in [0.15, 0.2) is 54.6 Å². The van der Waals surface area contributed by atoms with Crippen molar-refractivity contribution in [1.82, 2.24) is 14.7 Å². The topological polar surface area (TPSA) is 105 Å². The van der Waals surface area contributed by atoms with Gasteiger partial charge >= 0.3 is 0 Å². The molecule has 8 nitrogen and oxygen atoms in total. The Bertz CT molecular complexity index is 1120. The minimum atomic E-state index is -3.48. The molecule has 0 spiro atoms. The molecule has 0 amide bonds. The number of nitrogens with one attached hydrogen (secondary N) is 3. The van der Waals surface area contributed by atoms with Gasteiger partial charge in [-0.3, -0.25) is 0 Å². The maximum absolute atomic E-state index is 12.2. The molecule has 1 aromatic heterocycles. The standard InChI is InChI=1S/C21H24ClN5O3S/c1-15-12-20(26-18-6-8-19(30-2)9-7-18)27-21(25-15)23-10-11-24-31(28,29)14-16-4-3-5-17(22)13-16/h3-9,12-13,24H,10-11,14H2,1-2H3,(H2,23,25,26,27). The Morgan fingerprint density at radius 1 is 1.03 bits per heavy atom. The summed E-state index contributed by atoms with van der Waals surface area (Å²) >= 11 is 5.91. The van der Waals surface area contributed by atoms with E-state index in [1.54, 1.807) is 31.4 Å². The van der Waals surface area contributed by atoms with Crippen molar-refractivity contribution < 1.29 is 13.2 Å². The molecule has 0 aliphatic rings.